The van der Waals surface area contributed by atoms with Gasteiger partial charge >= 0.3 is 22.3 Å². The van der Waals surface area contributed by atoms with E-state index in [1.165, 1.54) is 6.20 Å². The number of anilines is 1. The molecule has 0 fully saturated rings. The van der Waals surface area contributed by atoms with E-state index in [9.17, 15) is 19.4 Å². The molecule has 2 amide bonds. The minimum atomic E-state index is -2.09. The summed E-state index contributed by atoms with van der Waals surface area (Å²) in [6.07, 6.45) is 1.45. The average molecular weight is 451 g/mol. The van der Waals surface area contributed by atoms with Gasteiger partial charge in [-0.1, -0.05) is 43.3 Å². The molecule has 2 rings (SSSR count). The molecule has 0 bridgehead atoms. The number of amides is 2. The molecule has 162 valence electrons. The van der Waals surface area contributed by atoms with Crippen LogP contribution in [-0.4, -0.2) is 20.3 Å². The number of carbonyl (C=O) groups excluding carboxylic acids is 1. The number of thiazole rings is 1. The number of nitrogens with one attached hydrogen (secondary N) is 2. The lowest BCUT2D eigenvalue weighted by Crippen LogP contribution is -3.12. The van der Waals surface area contributed by atoms with E-state index >= 15 is 0 Å². The third kappa shape index (κ3) is 5.30. The van der Waals surface area contributed by atoms with Crippen LogP contribution >= 0.6 is 11.3 Å². The molecule has 10 heteroatoms. The van der Waals surface area contributed by atoms with E-state index in [1.807, 2.05) is 27.7 Å². The maximum atomic E-state index is 13.1. The minimum Gasteiger partial charge on any atom is -0.385 e. The number of carbonyl (C=O) groups is 1. The van der Waals surface area contributed by atoms with E-state index in [1.54, 1.807) is 26.0 Å². The van der Waals surface area contributed by atoms with E-state index in [0.29, 0.717) is 16.1 Å². The van der Waals surface area contributed by atoms with Crippen molar-refractivity contribution in [1.82, 2.24) is 4.98 Å². The third-order valence-electron chi connectivity index (χ3n) is 4.52. The quantitative estimate of drug-likeness (QED) is 0.537. The Morgan fingerprint density at radius 1 is 1.30 bits per heavy atom. The van der Waals surface area contributed by atoms with Gasteiger partial charge in [-0.25, -0.2) is 9.93 Å². The molecule has 1 heterocycles. The van der Waals surface area contributed by atoms with Crippen molar-refractivity contribution in [2.24, 2.45) is 5.14 Å². The maximum Gasteiger partial charge on any atom is 0.441 e. The van der Waals surface area contributed by atoms with Crippen molar-refractivity contribution in [2.75, 3.05) is 5.32 Å². The average Bonchev–Trinajstić information content (AvgIpc) is 3.10. The molecule has 0 aliphatic heterocycles. The van der Waals surface area contributed by atoms with E-state index < -0.39 is 22.8 Å². The highest BCUT2D eigenvalue weighted by molar-refractivity contribution is 7.76. The second kappa shape index (κ2) is 9.32. The number of quaternary nitrogens is 1. The van der Waals surface area contributed by atoms with Gasteiger partial charge in [-0.05, 0) is 48.9 Å². The number of benzene rings is 1. The highest BCUT2D eigenvalue weighted by Crippen LogP contribution is 2.34. The lowest BCUT2D eigenvalue weighted by Gasteiger charge is -2.21. The van der Waals surface area contributed by atoms with Crippen LogP contribution in [0.15, 0.2) is 18.3 Å². The smallest absolute Gasteiger partial charge is 0.385 e. The van der Waals surface area contributed by atoms with Crippen molar-refractivity contribution < 1.29 is 18.4 Å². The van der Waals surface area contributed by atoms with Crippen molar-refractivity contribution in [3.63, 3.8) is 0 Å². The molecule has 1 aromatic heterocycles. The largest absolute Gasteiger partial charge is 0.441 e. The Morgan fingerprint density at radius 2 is 1.83 bits per heavy atom. The molecule has 1 aromatic carbocycles. The standard InChI is InChI=1S/C20H27N5O3S2/c1-11(2)14-7-13(9-21)8-15(12(3)4)17(14)24-18(26)25(30(22)28)19-23-10-16(29-19)20(5,6)27/h7-8,10-12,27H,22H2,1-6H3,(H,24,26)/p+1/t30-/m1/s1. The summed E-state index contributed by atoms with van der Waals surface area (Å²) in [5.41, 5.74) is 1.58. The number of hydrogen-bond acceptors (Lipinski definition) is 6. The lowest BCUT2D eigenvalue weighted by atomic mass is 9.90. The monoisotopic (exact) mass is 450 g/mol. The summed E-state index contributed by atoms with van der Waals surface area (Å²) >= 11 is -1.03. The third-order valence-corrected chi connectivity index (χ3v) is 6.76. The van der Waals surface area contributed by atoms with Gasteiger partial charge in [-0.2, -0.15) is 14.5 Å². The summed E-state index contributed by atoms with van der Waals surface area (Å²) < 4.78 is 12.1. The number of aromatic nitrogens is 1. The van der Waals surface area contributed by atoms with Crippen LogP contribution in [0, 0.1) is 11.3 Å². The summed E-state index contributed by atoms with van der Waals surface area (Å²) in [4.78, 5) is 17.8. The molecule has 0 radical (unpaired) electrons. The number of rotatable bonds is 6. The Kier molecular flexibility index (Phi) is 7.49. The number of nitriles is 1. The molecule has 0 saturated carbocycles. The van der Waals surface area contributed by atoms with Crippen molar-refractivity contribution in [2.45, 2.75) is 59.0 Å². The number of urea groups is 1. The Morgan fingerprint density at radius 3 is 2.20 bits per heavy atom. The summed E-state index contributed by atoms with van der Waals surface area (Å²) in [7, 11) is 0. The van der Waals surface area contributed by atoms with Gasteiger partial charge in [0.15, 0.2) is 0 Å². The molecule has 0 aliphatic rings. The molecule has 8 nitrogen and oxygen atoms in total. The fourth-order valence-electron chi connectivity index (χ4n) is 2.91. The normalized spacial score (nSPS) is 13.9. The number of hydrogen-bond donors (Lipinski definition) is 4. The number of nitrogens with two attached hydrogens (primary N) is 1. The molecule has 2 atom stereocenters. The van der Waals surface area contributed by atoms with Gasteiger partial charge in [0.2, 0.25) is 0 Å². The van der Waals surface area contributed by atoms with E-state index in [2.05, 4.69) is 16.4 Å². The topological polar surface area (TPSA) is 134 Å². The summed E-state index contributed by atoms with van der Waals surface area (Å²) in [6, 6.07) is 5.04. The van der Waals surface area contributed by atoms with Crippen LogP contribution in [0.3, 0.4) is 0 Å². The summed E-state index contributed by atoms with van der Waals surface area (Å²) in [6.45, 7) is 11.1. The van der Waals surface area contributed by atoms with Gasteiger partial charge in [0, 0.05) is 0 Å². The van der Waals surface area contributed by atoms with Crippen molar-refractivity contribution in [3.05, 3.63) is 39.9 Å². The summed E-state index contributed by atoms with van der Waals surface area (Å²) in [5, 5.41) is 28.2. The van der Waals surface area contributed by atoms with Crippen LogP contribution in [0.2, 0.25) is 0 Å². The van der Waals surface area contributed by atoms with Crippen LogP contribution in [0.4, 0.5) is 15.6 Å². The van der Waals surface area contributed by atoms with Crippen LogP contribution < -0.4 is 14.8 Å². The van der Waals surface area contributed by atoms with Crippen LogP contribution in [0.1, 0.15) is 74.9 Å². The Hall–Kier alpha value is -2.16. The van der Waals surface area contributed by atoms with Crippen molar-refractivity contribution >= 4 is 39.4 Å². The molecule has 0 spiro atoms. The Bertz CT molecular complexity index is 974. The van der Waals surface area contributed by atoms with Crippen LogP contribution in [0.25, 0.3) is 0 Å². The zero-order valence-corrected chi connectivity index (χ0v) is 19.6. The molecule has 2 aromatic rings. The van der Waals surface area contributed by atoms with E-state index in [0.717, 1.165) is 22.5 Å². The predicted octanol–water partition coefficient (Wildman–Crippen LogP) is 2.77. The van der Waals surface area contributed by atoms with Gasteiger partial charge in [-0.3, -0.25) is 5.32 Å². The van der Waals surface area contributed by atoms with Crippen molar-refractivity contribution in [1.29, 1.82) is 5.26 Å². The van der Waals surface area contributed by atoms with Gasteiger partial charge in [0.05, 0.1) is 34.0 Å². The molecular weight excluding hydrogens is 422 g/mol. The van der Waals surface area contributed by atoms with E-state index in [4.69, 9.17) is 5.14 Å². The zero-order valence-electron chi connectivity index (χ0n) is 17.9. The first-order chi connectivity index (χ1) is 13.9. The lowest BCUT2D eigenvalue weighted by molar-refractivity contribution is -0.580. The Balaban J connectivity index is 2.52. The maximum absolute atomic E-state index is 13.1. The number of nitrogens with zero attached hydrogens (tertiary/aromatic N) is 2. The molecule has 0 saturated heterocycles. The first kappa shape index (κ1) is 24.1. The highest BCUT2D eigenvalue weighted by Gasteiger charge is 2.34. The van der Waals surface area contributed by atoms with Gasteiger partial charge < -0.3 is 5.11 Å². The van der Waals surface area contributed by atoms with Gasteiger partial charge in [-0.15, -0.1) is 0 Å². The van der Waals surface area contributed by atoms with E-state index in [-0.39, 0.29) is 21.3 Å². The fourth-order valence-corrected chi connectivity index (χ4v) is 4.60. The highest BCUT2D eigenvalue weighted by atomic mass is 32.2. The second-order valence-corrected chi connectivity index (χ2v) is 10.2. The SMILES string of the molecule is CC(C)c1cc(C#N)cc(C(C)C)c1NC(=O)[NH+](c1ncc(C(C)(C)O)s1)[S@@](N)=O. The molecule has 1 unspecified atom stereocenters. The van der Waals surface area contributed by atoms with Crippen molar-refractivity contribution in [3.8, 4) is 6.07 Å². The number of aliphatic hydroxyl groups is 1. The fraction of sp³-hybridized carbons (Fsp3) is 0.450. The van der Waals surface area contributed by atoms with Gasteiger partial charge in [0.1, 0.15) is 0 Å². The minimum absolute atomic E-state index is 0.0413. The molecule has 5 N–H and O–H groups in total. The van der Waals surface area contributed by atoms with Gasteiger partial charge in [0.25, 0.3) is 0 Å². The molecular formula is C20H28N5O3S2+. The molecule has 0 aliphatic carbocycles. The first-order valence-electron chi connectivity index (χ1n) is 9.48. The predicted molar refractivity (Wildman–Crippen MR) is 119 cm³/mol. The molecule has 30 heavy (non-hydrogen) atoms. The van der Waals surface area contributed by atoms with Crippen LogP contribution in [0.5, 0.6) is 0 Å². The zero-order chi connectivity index (χ0) is 22.8. The van der Waals surface area contributed by atoms with Crippen LogP contribution in [-0.2, 0) is 16.8 Å². The second-order valence-electron chi connectivity index (χ2n) is 8.12. The Labute approximate surface area is 183 Å². The summed E-state index contributed by atoms with van der Waals surface area (Å²) in [5.74, 6) is 0.0826. The first-order valence-corrected chi connectivity index (χ1v) is 11.5.